The highest BCUT2D eigenvalue weighted by molar-refractivity contribution is 5.77. The third-order valence-electron chi connectivity index (χ3n) is 3.49. The molecule has 0 saturated carbocycles. The van der Waals surface area contributed by atoms with Crippen LogP contribution in [0.3, 0.4) is 0 Å². The Morgan fingerprint density at radius 3 is 2.88 bits per heavy atom. The zero-order valence-corrected chi connectivity index (χ0v) is 9.23. The van der Waals surface area contributed by atoms with Gasteiger partial charge in [0.05, 0.1) is 6.04 Å². The summed E-state index contributed by atoms with van der Waals surface area (Å²) in [5.74, 6) is 0.296. The maximum Gasteiger partial charge on any atom is 0.223 e. The molecule has 2 nitrogen and oxygen atoms in total. The van der Waals surface area contributed by atoms with Crippen LogP contribution in [-0.4, -0.2) is 16.8 Å². The van der Waals surface area contributed by atoms with E-state index in [1.807, 2.05) is 4.90 Å². The Morgan fingerprint density at radius 1 is 1.19 bits per heavy atom. The van der Waals surface area contributed by atoms with Crippen molar-refractivity contribution in [3.05, 3.63) is 47.5 Å². The minimum absolute atomic E-state index is 0.282. The SMILES string of the molecule is O=C1CCC=C[C@@H]2Cc3ccccc3CN12. The predicted octanol–water partition coefficient (Wildman–Crippen LogP) is 2.29. The number of hydrogen-bond acceptors (Lipinski definition) is 1. The van der Waals surface area contributed by atoms with Gasteiger partial charge in [-0.1, -0.05) is 36.4 Å². The molecule has 1 atom stereocenters. The maximum absolute atomic E-state index is 11.9. The molecule has 0 saturated heterocycles. The zero-order chi connectivity index (χ0) is 11.0. The second kappa shape index (κ2) is 3.78. The number of amides is 1. The summed E-state index contributed by atoms with van der Waals surface area (Å²) in [4.78, 5) is 14.0. The van der Waals surface area contributed by atoms with E-state index in [9.17, 15) is 4.79 Å². The monoisotopic (exact) mass is 213 g/mol. The molecule has 0 aromatic heterocycles. The van der Waals surface area contributed by atoms with Crippen LogP contribution in [0.15, 0.2) is 36.4 Å². The quantitative estimate of drug-likeness (QED) is 0.605. The van der Waals surface area contributed by atoms with Crippen molar-refractivity contribution >= 4 is 5.91 Å². The molecule has 0 fully saturated rings. The lowest BCUT2D eigenvalue weighted by atomic mass is 9.94. The number of hydrogen-bond donors (Lipinski definition) is 0. The van der Waals surface area contributed by atoms with E-state index in [0.29, 0.717) is 12.3 Å². The standard InChI is InChI=1S/C14H15NO/c16-14-8-4-3-7-13-9-11-5-1-2-6-12(11)10-15(13)14/h1-3,5-7,13H,4,8-10H2/t13-/m1/s1. The van der Waals surface area contributed by atoms with Crippen LogP contribution in [-0.2, 0) is 17.8 Å². The molecule has 0 N–H and O–H groups in total. The summed E-state index contributed by atoms with van der Waals surface area (Å²) in [7, 11) is 0. The van der Waals surface area contributed by atoms with E-state index >= 15 is 0 Å². The number of allylic oxidation sites excluding steroid dienone is 1. The molecule has 1 amide bonds. The van der Waals surface area contributed by atoms with Crippen LogP contribution < -0.4 is 0 Å². The second-order valence-electron chi connectivity index (χ2n) is 4.53. The van der Waals surface area contributed by atoms with E-state index in [4.69, 9.17) is 0 Å². The minimum Gasteiger partial charge on any atom is -0.332 e. The molecule has 1 aromatic rings. The topological polar surface area (TPSA) is 20.3 Å². The first-order valence-electron chi connectivity index (χ1n) is 5.87. The van der Waals surface area contributed by atoms with Crippen molar-refractivity contribution in [2.75, 3.05) is 0 Å². The number of nitrogens with zero attached hydrogens (tertiary/aromatic N) is 1. The smallest absolute Gasteiger partial charge is 0.223 e. The maximum atomic E-state index is 11.9. The summed E-state index contributed by atoms with van der Waals surface area (Å²) < 4.78 is 0. The van der Waals surface area contributed by atoms with Crippen molar-refractivity contribution in [3.63, 3.8) is 0 Å². The fraction of sp³-hybridized carbons (Fsp3) is 0.357. The van der Waals surface area contributed by atoms with Crippen LogP contribution in [0.25, 0.3) is 0 Å². The molecule has 82 valence electrons. The molecule has 2 aliphatic heterocycles. The van der Waals surface area contributed by atoms with Crippen LogP contribution in [0.4, 0.5) is 0 Å². The van der Waals surface area contributed by atoms with Crippen LogP contribution in [0, 0.1) is 0 Å². The van der Waals surface area contributed by atoms with E-state index in [0.717, 1.165) is 19.4 Å². The molecule has 0 spiro atoms. The van der Waals surface area contributed by atoms with Crippen LogP contribution in [0.2, 0.25) is 0 Å². The van der Waals surface area contributed by atoms with Gasteiger partial charge >= 0.3 is 0 Å². The van der Waals surface area contributed by atoms with Crippen molar-refractivity contribution in [2.24, 2.45) is 0 Å². The first kappa shape index (κ1) is 9.64. The molecule has 0 aliphatic carbocycles. The van der Waals surface area contributed by atoms with Gasteiger partial charge in [0.15, 0.2) is 0 Å². The molecule has 0 bridgehead atoms. The van der Waals surface area contributed by atoms with Crippen molar-refractivity contribution in [2.45, 2.75) is 31.8 Å². The van der Waals surface area contributed by atoms with E-state index < -0.39 is 0 Å². The van der Waals surface area contributed by atoms with Gasteiger partial charge in [0.2, 0.25) is 5.91 Å². The van der Waals surface area contributed by atoms with Crippen molar-refractivity contribution in [1.82, 2.24) is 4.90 Å². The first-order valence-corrected chi connectivity index (χ1v) is 5.87. The summed E-state index contributed by atoms with van der Waals surface area (Å²) in [5.41, 5.74) is 2.70. The van der Waals surface area contributed by atoms with Crippen LogP contribution in [0.5, 0.6) is 0 Å². The Hall–Kier alpha value is -1.57. The summed E-state index contributed by atoms with van der Waals surface area (Å²) in [6.07, 6.45) is 6.87. The normalized spacial score (nSPS) is 23.6. The molecule has 0 radical (unpaired) electrons. The molecule has 2 aliphatic rings. The van der Waals surface area contributed by atoms with Gasteiger partial charge in [-0.2, -0.15) is 0 Å². The molecule has 1 aromatic carbocycles. The molecule has 2 heterocycles. The van der Waals surface area contributed by atoms with Gasteiger partial charge in [0.1, 0.15) is 0 Å². The van der Waals surface area contributed by atoms with Gasteiger partial charge in [0, 0.05) is 13.0 Å². The molecule has 0 unspecified atom stereocenters. The highest BCUT2D eigenvalue weighted by Crippen LogP contribution is 2.26. The average molecular weight is 213 g/mol. The van der Waals surface area contributed by atoms with Crippen molar-refractivity contribution in [3.8, 4) is 0 Å². The van der Waals surface area contributed by atoms with Crippen molar-refractivity contribution < 1.29 is 4.79 Å². The zero-order valence-electron chi connectivity index (χ0n) is 9.23. The molecular weight excluding hydrogens is 198 g/mol. The average Bonchev–Trinajstić information content (AvgIpc) is 2.49. The van der Waals surface area contributed by atoms with E-state index in [-0.39, 0.29) is 6.04 Å². The Kier molecular flexibility index (Phi) is 2.28. The minimum atomic E-state index is 0.282. The van der Waals surface area contributed by atoms with E-state index in [1.165, 1.54) is 11.1 Å². The van der Waals surface area contributed by atoms with Gasteiger partial charge in [-0.3, -0.25) is 4.79 Å². The lowest BCUT2D eigenvalue weighted by Gasteiger charge is -2.34. The number of benzene rings is 1. The summed E-state index contributed by atoms with van der Waals surface area (Å²) in [6, 6.07) is 8.72. The van der Waals surface area contributed by atoms with Crippen LogP contribution >= 0.6 is 0 Å². The molecule has 2 heteroatoms. The lowest BCUT2D eigenvalue weighted by molar-refractivity contribution is -0.133. The van der Waals surface area contributed by atoms with Gasteiger partial charge < -0.3 is 4.90 Å². The van der Waals surface area contributed by atoms with Gasteiger partial charge in [0.25, 0.3) is 0 Å². The summed E-state index contributed by atoms with van der Waals surface area (Å²) >= 11 is 0. The lowest BCUT2D eigenvalue weighted by Crippen LogP contribution is -2.42. The number of carbonyl (C=O) groups is 1. The molecule has 16 heavy (non-hydrogen) atoms. The van der Waals surface area contributed by atoms with Gasteiger partial charge in [-0.15, -0.1) is 0 Å². The number of rotatable bonds is 0. The number of fused-ring (bicyclic) bond motifs is 2. The second-order valence-corrected chi connectivity index (χ2v) is 4.53. The van der Waals surface area contributed by atoms with Gasteiger partial charge in [-0.05, 0) is 24.0 Å². The molecule has 3 rings (SSSR count). The first-order chi connectivity index (χ1) is 7.84. The highest BCUT2D eigenvalue weighted by Gasteiger charge is 2.28. The van der Waals surface area contributed by atoms with Crippen molar-refractivity contribution in [1.29, 1.82) is 0 Å². The highest BCUT2D eigenvalue weighted by atomic mass is 16.2. The summed E-state index contributed by atoms with van der Waals surface area (Å²) in [6.45, 7) is 0.782. The Bertz CT molecular complexity index is 450. The third kappa shape index (κ3) is 1.54. The Labute approximate surface area is 95.6 Å². The van der Waals surface area contributed by atoms with Crippen LogP contribution in [0.1, 0.15) is 24.0 Å². The Morgan fingerprint density at radius 2 is 2.00 bits per heavy atom. The largest absolute Gasteiger partial charge is 0.332 e. The van der Waals surface area contributed by atoms with E-state index in [2.05, 4.69) is 36.4 Å². The van der Waals surface area contributed by atoms with E-state index in [1.54, 1.807) is 0 Å². The fourth-order valence-corrected chi connectivity index (χ4v) is 2.60. The molecular formula is C14H15NO. The van der Waals surface area contributed by atoms with Gasteiger partial charge in [-0.25, -0.2) is 0 Å². The fourth-order valence-electron chi connectivity index (χ4n) is 2.60. The number of carbonyl (C=O) groups excluding carboxylic acids is 1. The Balaban J connectivity index is 1.98. The summed E-state index contributed by atoms with van der Waals surface area (Å²) in [5, 5.41) is 0. The third-order valence-corrected chi connectivity index (χ3v) is 3.49. The predicted molar refractivity (Wildman–Crippen MR) is 62.9 cm³/mol.